The molecule has 0 spiro atoms. The third-order valence-electron chi connectivity index (χ3n) is 5.72. The number of hydrogen-bond donors (Lipinski definition) is 1. The Morgan fingerprint density at radius 2 is 1.93 bits per heavy atom. The van der Waals surface area contributed by atoms with Crippen LogP contribution in [0, 0.1) is 13.8 Å². The van der Waals surface area contributed by atoms with Crippen LogP contribution in [0.1, 0.15) is 35.0 Å². The van der Waals surface area contributed by atoms with E-state index in [4.69, 9.17) is 9.84 Å². The molecule has 2 bridgehead atoms. The number of allylic oxidation sites excluding steroid dienone is 2. The first kappa shape index (κ1) is 20.2. The molecule has 1 aliphatic heterocycles. The normalized spacial score (nSPS) is 18.0. The van der Waals surface area contributed by atoms with Crippen LogP contribution in [0.3, 0.4) is 0 Å². The Balaban J connectivity index is 1.83. The maximum Gasteiger partial charge on any atom is 0.219 e. The molecule has 6 nitrogen and oxygen atoms in total. The molecule has 0 unspecified atom stereocenters. The number of aromatic nitrogens is 4. The molecule has 0 amide bonds. The van der Waals surface area contributed by atoms with Crippen molar-refractivity contribution in [2.75, 3.05) is 6.54 Å². The first-order chi connectivity index (χ1) is 14.3. The molecule has 156 valence electrons. The maximum atomic E-state index is 6.29. The van der Waals surface area contributed by atoms with Gasteiger partial charge in [-0.1, -0.05) is 30.9 Å². The van der Waals surface area contributed by atoms with Crippen molar-refractivity contribution >= 4 is 11.6 Å². The molecule has 2 aromatic heterocycles. The molecule has 0 aliphatic carbocycles. The molecule has 0 saturated heterocycles. The van der Waals surface area contributed by atoms with E-state index < -0.39 is 0 Å². The van der Waals surface area contributed by atoms with Crippen molar-refractivity contribution < 1.29 is 4.74 Å². The zero-order valence-corrected chi connectivity index (χ0v) is 18.4. The highest BCUT2D eigenvalue weighted by Gasteiger charge is 2.18. The Labute approximate surface area is 177 Å². The van der Waals surface area contributed by atoms with E-state index in [-0.39, 0.29) is 6.10 Å². The van der Waals surface area contributed by atoms with Crippen LogP contribution in [0.25, 0.3) is 22.8 Å². The number of fused-ring (bicyclic) bond motifs is 5. The standard InChI is InChI=1S/C24H29N5O/c1-15-7-9-19-11-21(15)16(2)8-10-20-18(4)28(5)27-23(20)14-25-12-17(3)30-24-22(19)13-26-29(24)6/h7-11,13,17,25H,2,12,14H2,1,3-6H3/b10-8+/t17-/m0/s1. The molecular formula is C24H29N5O. The molecule has 0 saturated carbocycles. The largest absolute Gasteiger partial charge is 0.473 e. The minimum Gasteiger partial charge on any atom is -0.473 e. The lowest BCUT2D eigenvalue weighted by Gasteiger charge is -2.17. The summed E-state index contributed by atoms with van der Waals surface area (Å²) in [6.07, 6.45) is 6.06. The zero-order valence-electron chi connectivity index (χ0n) is 18.4. The maximum absolute atomic E-state index is 6.29. The molecule has 0 radical (unpaired) electrons. The lowest BCUT2D eigenvalue weighted by Crippen LogP contribution is -2.29. The third-order valence-corrected chi connectivity index (χ3v) is 5.72. The first-order valence-electron chi connectivity index (χ1n) is 10.3. The molecular weight excluding hydrogens is 374 g/mol. The Morgan fingerprint density at radius 1 is 1.13 bits per heavy atom. The van der Waals surface area contributed by atoms with Crippen molar-refractivity contribution in [1.82, 2.24) is 24.9 Å². The second-order valence-electron chi connectivity index (χ2n) is 8.00. The van der Waals surface area contributed by atoms with E-state index in [9.17, 15) is 0 Å². The van der Waals surface area contributed by atoms with Gasteiger partial charge in [0.1, 0.15) is 6.10 Å². The van der Waals surface area contributed by atoms with Crippen LogP contribution in [0.2, 0.25) is 0 Å². The number of nitrogens with one attached hydrogen (secondary N) is 1. The van der Waals surface area contributed by atoms with E-state index in [1.54, 1.807) is 4.68 Å². The van der Waals surface area contributed by atoms with Gasteiger partial charge in [0.2, 0.25) is 5.88 Å². The quantitative estimate of drug-likeness (QED) is 0.616. The van der Waals surface area contributed by atoms with Crippen LogP contribution in [-0.2, 0) is 20.6 Å². The van der Waals surface area contributed by atoms with Crippen LogP contribution in [0.4, 0.5) is 0 Å². The monoisotopic (exact) mass is 403 g/mol. The number of hydrogen-bond acceptors (Lipinski definition) is 4. The van der Waals surface area contributed by atoms with Gasteiger partial charge in [0.15, 0.2) is 0 Å². The molecule has 3 aromatic rings. The smallest absolute Gasteiger partial charge is 0.219 e. The minimum absolute atomic E-state index is 0.0204. The Bertz CT molecular complexity index is 1130. The molecule has 30 heavy (non-hydrogen) atoms. The van der Waals surface area contributed by atoms with Gasteiger partial charge in [-0.25, -0.2) is 4.68 Å². The van der Waals surface area contributed by atoms with Crippen molar-refractivity contribution in [3.05, 3.63) is 65.1 Å². The fourth-order valence-corrected chi connectivity index (χ4v) is 3.84. The molecule has 1 N–H and O–H groups in total. The Kier molecular flexibility index (Phi) is 5.35. The predicted molar refractivity (Wildman–Crippen MR) is 121 cm³/mol. The molecule has 3 heterocycles. The fraction of sp³-hybridized carbons (Fsp3) is 0.333. The summed E-state index contributed by atoms with van der Waals surface area (Å²) in [7, 11) is 3.89. The van der Waals surface area contributed by atoms with E-state index in [0.717, 1.165) is 45.1 Å². The molecule has 1 atom stereocenters. The van der Waals surface area contributed by atoms with Crippen molar-refractivity contribution in [2.45, 2.75) is 33.4 Å². The average Bonchev–Trinajstić information content (AvgIpc) is 3.19. The number of aryl methyl sites for hydroxylation is 3. The number of benzene rings is 1. The SMILES string of the molecule is C=C1/C=C/c2c(nn(C)c2C)CNC[C@H](C)Oc2c(cnn2C)-c2ccc(C)c1c2. The average molecular weight is 404 g/mol. The molecule has 6 heteroatoms. The highest BCUT2D eigenvalue weighted by Crippen LogP contribution is 2.33. The van der Waals surface area contributed by atoms with Gasteiger partial charge in [-0.05, 0) is 49.1 Å². The van der Waals surface area contributed by atoms with Gasteiger partial charge < -0.3 is 10.1 Å². The van der Waals surface area contributed by atoms with E-state index >= 15 is 0 Å². The van der Waals surface area contributed by atoms with Crippen LogP contribution in [0.5, 0.6) is 5.88 Å². The highest BCUT2D eigenvalue weighted by atomic mass is 16.5. The van der Waals surface area contributed by atoms with Gasteiger partial charge in [-0.2, -0.15) is 10.2 Å². The Morgan fingerprint density at radius 3 is 2.73 bits per heavy atom. The van der Waals surface area contributed by atoms with Crippen molar-refractivity contribution in [1.29, 1.82) is 0 Å². The molecule has 0 fully saturated rings. The molecule has 1 aliphatic rings. The lowest BCUT2D eigenvalue weighted by molar-refractivity contribution is 0.199. The van der Waals surface area contributed by atoms with E-state index in [2.05, 4.69) is 68.1 Å². The summed E-state index contributed by atoms with van der Waals surface area (Å²) in [4.78, 5) is 0. The van der Waals surface area contributed by atoms with Crippen LogP contribution in [0.15, 0.2) is 37.1 Å². The third kappa shape index (κ3) is 3.71. The second kappa shape index (κ2) is 7.95. The topological polar surface area (TPSA) is 56.9 Å². The van der Waals surface area contributed by atoms with Crippen LogP contribution < -0.4 is 10.1 Å². The van der Waals surface area contributed by atoms with Gasteiger partial charge in [0, 0.05) is 38.4 Å². The molecule has 1 aromatic carbocycles. The molecule has 4 rings (SSSR count). The van der Waals surface area contributed by atoms with Crippen LogP contribution in [-0.4, -0.2) is 32.2 Å². The number of ether oxygens (including phenoxy) is 1. The summed E-state index contributed by atoms with van der Waals surface area (Å²) in [5.41, 5.74) is 8.60. The van der Waals surface area contributed by atoms with Crippen LogP contribution >= 0.6 is 0 Å². The van der Waals surface area contributed by atoms with Crippen molar-refractivity contribution in [3.8, 4) is 17.0 Å². The summed E-state index contributed by atoms with van der Waals surface area (Å²) in [6, 6.07) is 6.42. The number of rotatable bonds is 0. The summed E-state index contributed by atoms with van der Waals surface area (Å²) in [5, 5.41) is 12.6. The van der Waals surface area contributed by atoms with Gasteiger partial charge in [0.05, 0.1) is 17.5 Å². The van der Waals surface area contributed by atoms with Gasteiger partial charge >= 0.3 is 0 Å². The van der Waals surface area contributed by atoms with E-state index in [1.807, 2.05) is 25.0 Å². The van der Waals surface area contributed by atoms with E-state index in [0.29, 0.717) is 13.1 Å². The highest BCUT2D eigenvalue weighted by molar-refractivity contribution is 5.82. The zero-order chi connectivity index (χ0) is 21.4. The second-order valence-corrected chi connectivity index (χ2v) is 8.00. The summed E-state index contributed by atoms with van der Waals surface area (Å²) in [5.74, 6) is 0.768. The minimum atomic E-state index is -0.0204. The van der Waals surface area contributed by atoms with Crippen molar-refractivity contribution in [3.63, 3.8) is 0 Å². The van der Waals surface area contributed by atoms with Gasteiger partial charge in [-0.3, -0.25) is 4.68 Å². The summed E-state index contributed by atoms with van der Waals surface area (Å²) < 4.78 is 10.0. The predicted octanol–water partition coefficient (Wildman–Crippen LogP) is 4.03. The van der Waals surface area contributed by atoms with E-state index in [1.165, 1.54) is 5.56 Å². The fourth-order valence-electron chi connectivity index (χ4n) is 3.84. The summed E-state index contributed by atoms with van der Waals surface area (Å²) >= 11 is 0. The number of nitrogens with zero attached hydrogens (tertiary/aromatic N) is 4. The Hall–Kier alpha value is -3.12. The van der Waals surface area contributed by atoms with Gasteiger partial charge in [-0.15, -0.1) is 0 Å². The first-order valence-corrected chi connectivity index (χ1v) is 10.3. The van der Waals surface area contributed by atoms with Crippen molar-refractivity contribution in [2.24, 2.45) is 14.1 Å². The lowest BCUT2D eigenvalue weighted by atomic mass is 9.96. The van der Waals surface area contributed by atoms with Gasteiger partial charge in [0.25, 0.3) is 0 Å². The summed E-state index contributed by atoms with van der Waals surface area (Å²) in [6.45, 7) is 12.0.